The van der Waals surface area contributed by atoms with Crippen molar-refractivity contribution in [1.82, 2.24) is 20.1 Å². The summed E-state index contributed by atoms with van der Waals surface area (Å²) in [4.78, 5) is 4.73. The minimum absolute atomic E-state index is 0.0330. The first kappa shape index (κ1) is 11.6. The summed E-state index contributed by atoms with van der Waals surface area (Å²) < 4.78 is 1.95. The zero-order chi connectivity index (χ0) is 11.9. The van der Waals surface area contributed by atoms with Gasteiger partial charge in [0, 0.05) is 24.9 Å². The maximum Gasteiger partial charge on any atom is 0.156 e. The van der Waals surface area contributed by atoms with Crippen LogP contribution in [0, 0.1) is 5.92 Å². The molecule has 1 aliphatic rings. The van der Waals surface area contributed by atoms with Crippen molar-refractivity contribution in [3.63, 3.8) is 0 Å². The van der Waals surface area contributed by atoms with E-state index >= 15 is 0 Å². The number of hydrogen-bond acceptors (Lipinski definition) is 3. The normalized spacial score (nSPS) is 26.3. The van der Waals surface area contributed by atoms with Gasteiger partial charge in [-0.15, -0.1) is 0 Å². The predicted molar refractivity (Wildman–Crippen MR) is 64.5 cm³/mol. The smallest absolute Gasteiger partial charge is 0.156 e. The highest BCUT2D eigenvalue weighted by Crippen LogP contribution is 2.28. The molecule has 1 aliphatic heterocycles. The molecule has 2 rings (SSSR count). The first-order valence-corrected chi connectivity index (χ1v) is 6.01. The fourth-order valence-corrected chi connectivity index (χ4v) is 2.19. The van der Waals surface area contributed by atoms with Crippen LogP contribution in [0.25, 0.3) is 0 Å². The van der Waals surface area contributed by atoms with Gasteiger partial charge in [-0.3, -0.25) is 4.68 Å². The lowest BCUT2D eigenvalue weighted by Crippen LogP contribution is -2.14. The molecular weight excluding hydrogens is 200 g/mol. The summed E-state index contributed by atoms with van der Waals surface area (Å²) in [6.07, 6.45) is 0. The summed E-state index contributed by atoms with van der Waals surface area (Å²) in [5.41, 5.74) is 0.0330. The lowest BCUT2D eigenvalue weighted by atomic mass is 9.95. The molecule has 2 heterocycles. The van der Waals surface area contributed by atoms with E-state index in [1.165, 1.54) is 0 Å². The molecule has 0 aromatic carbocycles. The number of rotatable bonds is 1. The minimum Gasteiger partial charge on any atom is -0.316 e. The third-order valence-corrected chi connectivity index (χ3v) is 3.32. The summed E-state index contributed by atoms with van der Waals surface area (Å²) in [5.74, 6) is 3.23. The molecule has 4 heteroatoms. The Labute approximate surface area is 97.5 Å². The van der Waals surface area contributed by atoms with E-state index in [1.54, 1.807) is 0 Å². The molecule has 1 fully saturated rings. The van der Waals surface area contributed by atoms with Crippen LogP contribution in [-0.4, -0.2) is 27.9 Å². The Morgan fingerprint density at radius 2 is 2.00 bits per heavy atom. The Balaban J connectivity index is 2.32. The van der Waals surface area contributed by atoms with Crippen molar-refractivity contribution in [3.8, 4) is 0 Å². The number of nitrogens with zero attached hydrogens (tertiary/aromatic N) is 3. The van der Waals surface area contributed by atoms with Gasteiger partial charge in [-0.05, 0) is 12.5 Å². The summed E-state index contributed by atoms with van der Waals surface area (Å²) in [6, 6.07) is 0. The van der Waals surface area contributed by atoms with Crippen molar-refractivity contribution in [2.24, 2.45) is 13.0 Å². The van der Waals surface area contributed by atoms with Crippen LogP contribution in [0.4, 0.5) is 0 Å². The van der Waals surface area contributed by atoms with Crippen LogP contribution >= 0.6 is 0 Å². The van der Waals surface area contributed by atoms with Gasteiger partial charge in [-0.1, -0.05) is 27.7 Å². The molecule has 90 valence electrons. The van der Waals surface area contributed by atoms with E-state index in [-0.39, 0.29) is 5.41 Å². The van der Waals surface area contributed by atoms with Crippen molar-refractivity contribution in [2.75, 3.05) is 13.1 Å². The monoisotopic (exact) mass is 222 g/mol. The molecule has 1 aromatic heterocycles. The van der Waals surface area contributed by atoms with Crippen molar-refractivity contribution in [3.05, 3.63) is 11.6 Å². The Kier molecular flexibility index (Phi) is 2.78. The second-order valence-corrected chi connectivity index (χ2v) is 5.91. The molecule has 0 amide bonds. The van der Waals surface area contributed by atoms with Gasteiger partial charge in [0.25, 0.3) is 0 Å². The average Bonchev–Trinajstić information content (AvgIpc) is 2.70. The first-order valence-electron chi connectivity index (χ1n) is 6.01. The first-order chi connectivity index (χ1) is 7.39. The van der Waals surface area contributed by atoms with Crippen molar-refractivity contribution in [2.45, 2.75) is 39.0 Å². The highest BCUT2D eigenvalue weighted by atomic mass is 15.3. The zero-order valence-corrected chi connectivity index (χ0v) is 10.9. The van der Waals surface area contributed by atoms with Gasteiger partial charge in [-0.2, -0.15) is 5.10 Å². The largest absolute Gasteiger partial charge is 0.316 e. The topological polar surface area (TPSA) is 42.7 Å². The number of aromatic nitrogens is 3. The molecule has 0 radical (unpaired) electrons. The molecule has 1 aromatic rings. The van der Waals surface area contributed by atoms with Crippen molar-refractivity contribution < 1.29 is 0 Å². The Bertz CT molecular complexity index is 375. The molecule has 0 aliphatic carbocycles. The molecule has 1 saturated heterocycles. The van der Waals surface area contributed by atoms with Gasteiger partial charge >= 0.3 is 0 Å². The third kappa shape index (κ3) is 1.98. The standard InChI is InChI=1S/C12H22N4/c1-8-6-13-7-9(8)10-14-11(12(2,3)4)15-16(10)5/h8-9,13H,6-7H2,1-5H3. The quantitative estimate of drug-likeness (QED) is 0.782. The van der Waals surface area contributed by atoms with Gasteiger partial charge in [0.15, 0.2) is 5.82 Å². The third-order valence-electron chi connectivity index (χ3n) is 3.32. The lowest BCUT2D eigenvalue weighted by molar-refractivity contribution is 0.518. The van der Waals surface area contributed by atoms with Crippen molar-refractivity contribution >= 4 is 0 Å². The van der Waals surface area contributed by atoms with Crippen LogP contribution in [-0.2, 0) is 12.5 Å². The highest BCUT2D eigenvalue weighted by molar-refractivity contribution is 5.09. The molecule has 0 saturated carbocycles. The maximum atomic E-state index is 4.73. The van der Waals surface area contributed by atoms with E-state index in [1.807, 2.05) is 11.7 Å². The van der Waals surface area contributed by atoms with Gasteiger partial charge in [-0.25, -0.2) is 4.98 Å². The summed E-state index contributed by atoms with van der Waals surface area (Å²) in [5, 5.41) is 7.95. The van der Waals surface area contributed by atoms with E-state index in [0.29, 0.717) is 11.8 Å². The SMILES string of the molecule is CC1CNCC1c1nc(C(C)(C)C)nn1C. The van der Waals surface area contributed by atoms with E-state index < -0.39 is 0 Å². The molecule has 0 bridgehead atoms. The van der Waals surface area contributed by atoms with Crippen LogP contribution in [0.1, 0.15) is 45.3 Å². The van der Waals surface area contributed by atoms with Gasteiger partial charge < -0.3 is 5.32 Å². The Morgan fingerprint density at radius 3 is 2.44 bits per heavy atom. The second kappa shape index (κ2) is 3.84. The van der Waals surface area contributed by atoms with E-state index in [4.69, 9.17) is 4.98 Å². The van der Waals surface area contributed by atoms with E-state index in [0.717, 1.165) is 24.7 Å². The molecule has 2 unspecified atom stereocenters. The zero-order valence-electron chi connectivity index (χ0n) is 10.9. The van der Waals surface area contributed by atoms with E-state index in [9.17, 15) is 0 Å². The summed E-state index contributed by atoms with van der Waals surface area (Å²) in [6.45, 7) is 10.9. The van der Waals surface area contributed by atoms with Gasteiger partial charge in [0.2, 0.25) is 0 Å². The number of nitrogens with one attached hydrogen (secondary N) is 1. The lowest BCUT2D eigenvalue weighted by Gasteiger charge is -2.13. The summed E-state index contributed by atoms with van der Waals surface area (Å²) in [7, 11) is 2.00. The number of aryl methyl sites for hydroxylation is 1. The average molecular weight is 222 g/mol. The fourth-order valence-electron chi connectivity index (χ4n) is 2.19. The van der Waals surface area contributed by atoms with Gasteiger partial charge in [0.1, 0.15) is 5.82 Å². The Hall–Kier alpha value is -0.900. The fraction of sp³-hybridized carbons (Fsp3) is 0.833. The van der Waals surface area contributed by atoms with E-state index in [2.05, 4.69) is 38.1 Å². The van der Waals surface area contributed by atoms with Crippen LogP contribution < -0.4 is 5.32 Å². The van der Waals surface area contributed by atoms with Crippen molar-refractivity contribution in [1.29, 1.82) is 0 Å². The maximum absolute atomic E-state index is 4.73. The van der Waals surface area contributed by atoms with Crippen LogP contribution in [0.5, 0.6) is 0 Å². The molecule has 0 spiro atoms. The highest BCUT2D eigenvalue weighted by Gasteiger charge is 2.30. The molecule has 16 heavy (non-hydrogen) atoms. The Morgan fingerprint density at radius 1 is 1.31 bits per heavy atom. The molecule has 4 nitrogen and oxygen atoms in total. The van der Waals surface area contributed by atoms with Crippen LogP contribution in [0.2, 0.25) is 0 Å². The predicted octanol–water partition coefficient (Wildman–Crippen LogP) is 1.44. The summed E-state index contributed by atoms with van der Waals surface area (Å²) >= 11 is 0. The second-order valence-electron chi connectivity index (χ2n) is 5.91. The van der Waals surface area contributed by atoms with Crippen LogP contribution in [0.3, 0.4) is 0 Å². The van der Waals surface area contributed by atoms with Gasteiger partial charge in [0.05, 0.1) is 0 Å². The number of hydrogen-bond donors (Lipinski definition) is 1. The molecular formula is C12H22N4. The molecule has 2 atom stereocenters. The molecule has 1 N–H and O–H groups in total. The van der Waals surface area contributed by atoms with Crippen LogP contribution in [0.15, 0.2) is 0 Å². The minimum atomic E-state index is 0.0330.